The first kappa shape index (κ1) is 21.8. The molecule has 0 aliphatic rings. The number of carbonyl (C=O) groups is 1. The second-order valence-electron chi connectivity index (χ2n) is 7.03. The van der Waals surface area contributed by atoms with E-state index in [1.807, 2.05) is 25.1 Å². The van der Waals surface area contributed by atoms with Crippen molar-refractivity contribution in [3.8, 4) is 23.0 Å². The molecule has 148 valence electrons. The third-order valence-electron chi connectivity index (χ3n) is 4.69. The molecule has 0 spiro atoms. The molecule has 0 fully saturated rings. The first-order valence-corrected chi connectivity index (χ1v) is 10.5. The van der Waals surface area contributed by atoms with E-state index in [9.17, 15) is 4.79 Å². The molecule has 0 N–H and O–H groups in total. The van der Waals surface area contributed by atoms with Gasteiger partial charge in [0.1, 0.15) is 0 Å². The van der Waals surface area contributed by atoms with Gasteiger partial charge in [0.2, 0.25) is 0 Å². The van der Waals surface area contributed by atoms with E-state index < -0.39 is 0 Å². The molecule has 0 unspecified atom stereocenters. The van der Waals surface area contributed by atoms with E-state index in [0.29, 0.717) is 13.0 Å². The molecule has 2 aromatic carbocycles. The van der Waals surface area contributed by atoms with Gasteiger partial charge in [-0.15, -0.1) is 0 Å². The minimum Gasteiger partial charge on any atom is -0.466 e. The van der Waals surface area contributed by atoms with Gasteiger partial charge in [-0.3, -0.25) is 4.79 Å². The minimum atomic E-state index is -0.176. The molecule has 2 heteroatoms. The largest absolute Gasteiger partial charge is 0.466 e. The van der Waals surface area contributed by atoms with Crippen molar-refractivity contribution >= 4 is 5.97 Å². The molecule has 0 saturated heterocycles. The SMILES string of the molecule is CCCCC#Cc1c(CCCC)cc(CC(=O)OCC)cc1-c1ccccc1. The lowest BCUT2D eigenvalue weighted by Crippen LogP contribution is -2.08. The fourth-order valence-electron chi connectivity index (χ4n) is 3.22. The molecule has 2 aromatic rings. The first-order chi connectivity index (χ1) is 13.7. The minimum absolute atomic E-state index is 0.176. The van der Waals surface area contributed by atoms with Crippen LogP contribution in [0.1, 0.15) is 69.6 Å². The maximum absolute atomic E-state index is 12.1. The summed E-state index contributed by atoms with van der Waals surface area (Å²) < 4.78 is 5.17. The first-order valence-electron chi connectivity index (χ1n) is 10.5. The summed E-state index contributed by atoms with van der Waals surface area (Å²) in [4.78, 5) is 12.1. The second kappa shape index (κ2) is 12.0. The summed E-state index contributed by atoms with van der Waals surface area (Å²) in [5.74, 6) is 6.66. The highest BCUT2D eigenvalue weighted by molar-refractivity contribution is 5.77. The molecule has 0 heterocycles. The van der Waals surface area contributed by atoms with Crippen molar-refractivity contribution in [3.63, 3.8) is 0 Å². The molecule has 0 aromatic heterocycles. The zero-order chi connectivity index (χ0) is 20.2. The number of hydrogen-bond acceptors (Lipinski definition) is 2. The standard InChI is InChI=1S/C26H32O2/c1-4-7-9-13-17-24-23(14-8-5-2)18-21(20-26(27)28-6-3)19-25(24)22-15-11-10-12-16-22/h10-12,15-16,18-19H,4-9,14,20H2,1-3H3. The summed E-state index contributed by atoms with van der Waals surface area (Å²) in [7, 11) is 0. The van der Waals surface area contributed by atoms with E-state index in [1.165, 1.54) is 5.56 Å². The van der Waals surface area contributed by atoms with Gasteiger partial charge in [0.05, 0.1) is 13.0 Å². The van der Waals surface area contributed by atoms with Crippen LogP contribution in [0.5, 0.6) is 0 Å². The van der Waals surface area contributed by atoms with Crippen LogP contribution in [0.15, 0.2) is 42.5 Å². The predicted octanol–water partition coefficient (Wildman–Crippen LogP) is 6.34. The van der Waals surface area contributed by atoms with Crippen LogP contribution in [0.4, 0.5) is 0 Å². The zero-order valence-corrected chi connectivity index (χ0v) is 17.5. The van der Waals surface area contributed by atoms with Crippen LogP contribution >= 0.6 is 0 Å². The molecule has 0 aliphatic heterocycles. The summed E-state index contributed by atoms with van der Waals surface area (Å²) in [5, 5.41) is 0. The number of esters is 1. The van der Waals surface area contributed by atoms with Gasteiger partial charge in [0, 0.05) is 12.0 Å². The predicted molar refractivity (Wildman–Crippen MR) is 117 cm³/mol. The van der Waals surface area contributed by atoms with Gasteiger partial charge >= 0.3 is 5.97 Å². The summed E-state index contributed by atoms with van der Waals surface area (Å²) in [5.41, 5.74) is 5.63. The Balaban J connectivity index is 2.53. The van der Waals surface area contributed by atoms with Crippen LogP contribution in [0.2, 0.25) is 0 Å². The molecule has 28 heavy (non-hydrogen) atoms. The van der Waals surface area contributed by atoms with Gasteiger partial charge in [-0.1, -0.05) is 74.9 Å². The molecule has 2 rings (SSSR count). The van der Waals surface area contributed by atoms with Gasteiger partial charge in [0.25, 0.3) is 0 Å². The van der Waals surface area contributed by atoms with E-state index in [1.54, 1.807) is 0 Å². The molecular weight excluding hydrogens is 344 g/mol. The van der Waals surface area contributed by atoms with Crippen molar-refractivity contribution in [3.05, 3.63) is 59.2 Å². The molecule has 0 saturated carbocycles. The van der Waals surface area contributed by atoms with Gasteiger partial charge < -0.3 is 4.74 Å². The Labute approximate surface area is 170 Å². The Bertz CT molecular complexity index is 810. The Morgan fingerprint density at radius 2 is 1.75 bits per heavy atom. The van der Waals surface area contributed by atoms with Crippen LogP contribution in [-0.2, 0) is 22.4 Å². The average Bonchev–Trinajstić information content (AvgIpc) is 2.71. The number of ether oxygens (including phenoxy) is 1. The van der Waals surface area contributed by atoms with E-state index in [4.69, 9.17) is 4.74 Å². The topological polar surface area (TPSA) is 26.3 Å². The third kappa shape index (κ3) is 6.57. The molecule has 2 nitrogen and oxygen atoms in total. The van der Waals surface area contributed by atoms with Crippen LogP contribution in [0.25, 0.3) is 11.1 Å². The highest BCUT2D eigenvalue weighted by Crippen LogP contribution is 2.29. The van der Waals surface area contributed by atoms with Gasteiger partial charge in [-0.25, -0.2) is 0 Å². The molecule has 0 aliphatic carbocycles. The van der Waals surface area contributed by atoms with Crippen molar-refractivity contribution in [1.82, 2.24) is 0 Å². The number of hydrogen-bond donors (Lipinski definition) is 0. The molecule has 0 radical (unpaired) electrons. The van der Waals surface area contributed by atoms with Crippen molar-refractivity contribution in [2.24, 2.45) is 0 Å². The van der Waals surface area contributed by atoms with Crippen molar-refractivity contribution in [2.75, 3.05) is 6.61 Å². The van der Waals surface area contributed by atoms with E-state index >= 15 is 0 Å². The van der Waals surface area contributed by atoms with Crippen LogP contribution in [0.3, 0.4) is 0 Å². The van der Waals surface area contributed by atoms with Crippen LogP contribution in [-0.4, -0.2) is 12.6 Å². The molecular formula is C26H32O2. The monoisotopic (exact) mass is 376 g/mol. The summed E-state index contributed by atoms with van der Waals surface area (Å²) >= 11 is 0. The normalized spacial score (nSPS) is 10.2. The summed E-state index contributed by atoms with van der Waals surface area (Å²) in [6.45, 7) is 6.64. The number of aryl methyl sites for hydroxylation is 1. The van der Waals surface area contributed by atoms with E-state index in [-0.39, 0.29) is 5.97 Å². The lowest BCUT2D eigenvalue weighted by molar-refractivity contribution is -0.142. The zero-order valence-electron chi connectivity index (χ0n) is 17.5. The lowest BCUT2D eigenvalue weighted by atomic mass is 9.90. The average molecular weight is 377 g/mol. The fraction of sp³-hybridized carbons (Fsp3) is 0.423. The Kier molecular flexibility index (Phi) is 9.35. The number of carbonyl (C=O) groups excluding carboxylic acids is 1. The number of benzene rings is 2. The Hall–Kier alpha value is -2.53. The smallest absolute Gasteiger partial charge is 0.310 e. The molecule has 0 atom stereocenters. The highest BCUT2D eigenvalue weighted by atomic mass is 16.5. The quantitative estimate of drug-likeness (QED) is 0.290. The highest BCUT2D eigenvalue weighted by Gasteiger charge is 2.13. The maximum Gasteiger partial charge on any atom is 0.310 e. The Morgan fingerprint density at radius 3 is 2.43 bits per heavy atom. The number of unbranched alkanes of at least 4 members (excludes halogenated alkanes) is 3. The van der Waals surface area contributed by atoms with Gasteiger partial charge in [-0.05, 0) is 54.5 Å². The van der Waals surface area contributed by atoms with Crippen molar-refractivity contribution < 1.29 is 9.53 Å². The summed E-state index contributed by atoms with van der Waals surface area (Å²) in [6, 6.07) is 14.6. The second-order valence-corrected chi connectivity index (χ2v) is 7.03. The van der Waals surface area contributed by atoms with E-state index in [0.717, 1.165) is 60.8 Å². The fourth-order valence-corrected chi connectivity index (χ4v) is 3.22. The van der Waals surface area contributed by atoms with Crippen molar-refractivity contribution in [1.29, 1.82) is 0 Å². The molecule has 0 amide bonds. The maximum atomic E-state index is 12.1. The number of rotatable bonds is 9. The Morgan fingerprint density at radius 1 is 1.00 bits per heavy atom. The third-order valence-corrected chi connectivity index (χ3v) is 4.69. The van der Waals surface area contributed by atoms with Crippen LogP contribution < -0.4 is 0 Å². The summed E-state index contributed by atoms with van der Waals surface area (Å²) in [6.07, 6.45) is 6.72. The van der Waals surface area contributed by atoms with Gasteiger partial charge in [0.15, 0.2) is 0 Å². The van der Waals surface area contributed by atoms with Crippen LogP contribution in [0, 0.1) is 11.8 Å². The van der Waals surface area contributed by atoms with Crippen molar-refractivity contribution in [2.45, 2.75) is 65.7 Å². The molecule has 0 bridgehead atoms. The van der Waals surface area contributed by atoms with Gasteiger partial charge in [-0.2, -0.15) is 0 Å². The lowest BCUT2D eigenvalue weighted by Gasteiger charge is -2.14. The van der Waals surface area contributed by atoms with E-state index in [2.05, 4.69) is 50.0 Å².